The minimum atomic E-state index is -0.728. The van der Waals surface area contributed by atoms with Gasteiger partial charge in [0.1, 0.15) is 0 Å². The summed E-state index contributed by atoms with van der Waals surface area (Å²) in [5, 5.41) is 16.4. The van der Waals surface area contributed by atoms with Gasteiger partial charge in [-0.15, -0.1) is 0 Å². The maximum atomic E-state index is 10.5. The van der Waals surface area contributed by atoms with E-state index in [9.17, 15) is 10.1 Å². The van der Waals surface area contributed by atoms with Crippen LogP contribution in [0.2, 0.25) is 0 Å². The average molecular weight is 173 g/mol. The SMILES string of the molecule is O=[N+]([O-])C1NCN2CNCN1C2. The van der Waals surface area contributed by atoms with Gasteiger partial charge >= 0.3 is 6.29 Å². The molecule has 2 heterocycles. The van der Waals surface area contributed by atoms with Crippen LogP contribution < -0.4 is 10.6 Å². The molecule has 2 aliphatic heterocycles. The number of nitrogens with zero attached hydrogens (tertiary/aromatic N) is 3. The van der Waals surface area contributed by atoms with Crippen LogP contribution in [-0.4, -0.2) is 47.7 Å². The third-order valence-electron chi connectivity index (χ3n) is 2.07. The van der Waals surface area contributed by atoms with E-state index in [1.54, 1.807) is 4.90 Å². The first-order chi connectivity index (χ1) is 5.77. The Balaban J connectivity index is 2.04. The van der Waals surface area contributed by atoms with E-state index in [0.717, 1.165) is 6.67 Å². The van der Waals surface area contributed by atoms with Gasteiger partial charge in [0, 0.05) is 0 Å². The summed E-state index contributed by atoms with van der Waals surface area (Å²) in [5.41, 5.74) is 0. The zero-order valence-corrected chi connectivity index (χ0v) is 6.56. The Labute approximate surface area is 69.5 Å². The van der Waals surface area contributed by atoms with Crippen molar-refractivity contribution in [3.8, 4) is 0 Å². The highest BCUT2D eigenvalue weighted by Crippen LogP contribution is 2.07. The van der Waals surface area contributed by atoms with E-state index in [0.29, 0.717) is 20.0 Å². The Bertz CT molecular complexity index is 198. The molecule has 0 radical (unpaired) electrons. The van der Waals surface area contributed by atoms with Gasteiger partial charge in [0.15, 0.2) is 0 Å². The highest BCUT2D eigenvalue weighted by molar-refractivity contribution is 4.71. The van der Waals surface area contributed by atoms with Gasteiger partial charge in [-0.2, -0.15) is 0 Å². The van der Waals surface area contributed by atoms with Gasteiger partial charge in [-0.3, -0.25) is 20.3 Å². The molecule has 2 fully saturated rings. The maximum absolute atomic E-state index is 10.5. The normalized spacial score (nSPS) is 40.8. The van der Waals surface area contributed by atoms with Crippen LogP contribution in [0.15, 0.2) is 0 Å². The lowest BCUT2D eigenvalue weighted by atomic mass is 10.5. The van der Waals surface area contributed by atoms with Crippen molar-refractivity contribution in [3.63, 3.8) is 0 Å². The third kappa shape index (κ3) is 1.27. The summed E-state index contributed by atoms with van der Waals surface area (Å²) in [6.07, 6.45) is -0.728. The van der Waals surface area contributed by atoms with Crippen LogP contribution in [0.4, 0.5) is 0 Å². The summed E-state index contributed by atoms with van der Waals surface area (Å²) < 4.78 is 0. The number of nitro groups is 1. The van der Waals surface area contributed by atoms with Gasteiger partial charge in [0.05, 0.1) is 31.6 Å². The zero-order valence-electron chi connectivity index (χ0n) is 6.56. The molecule has 12 heavy (non-hydrogen) atoms. The fraction of sp³-hybridized carbons (Fsp3) is 1.00. The number of nitrogens with one attached hydrogen (secondary N) is 2. The first-order valence-electron chi connectivity index (χ1n) is 3.81. The zero-order chi connectivity index (χ0) is 8.55. The van der Waals surface area contributed by atoms with Crippen molar-refractivity contribution in [3.05, 3.63) is 10.1 Å². The molecule has 3 unspecified atom stereocenters. The fourth-order valence-electron chi connectivity index (χ4n) is 1.53. The predicted octanol–water partition coefficient (Wildman–Crippen LogP) is -1.81. The maximum Gasteiger partial charge on any atom is 0.328 e. The van der Waals surface area contributed by atoms with E-state index in [2.05, 4.69) is 15.5 Å². The molecule has 0 aromatic heterocycles. The summed E-state index contributed by atoms with van der Waals surface area (Å²) in [5.74, 6) is 0. The second-order valence-corrected chi connectivity index (χ2v) is 2.99. The fourth-order valence-corrected chi connectivity index (χ4v) is 1.53. The molecule has 2 saturated heterocycles. The Hall–Kier alpha value is -0.760. The molecule has 2 bridgehead atoms. The molecule has 0 aromatic rings. The second-order valence-electron chi connectivity index (χ2n) is 2.99. The molecular formula is C5H11N5O2. The molecule has 0 spiro atoms. The second kappa shape index (κ2) is 2.94. The van der Waals surface area contributed by atoms with Crippen molar-refractivity contribution in [1.29, 1.82) is 0 Å². The molecule has 0 aromatic carbocycles. The summed E-state index contributed by atoms with van der Waals surface area (Å²) in [6.45, 7) is 2.63. The number of hydrogen-bond acceptors (Lipinski definition) is 6. The molecule has 0 saturated carbocycles. The van der Waals surface area contributed by atoms with E-state index in [4.69, 9.17) is 0 Å². The molecular weight excluding hydrogens is 162 g/mol. The topological polar surface area (TPSA) is 73.7 Å². The molecule has 2 N–H and O–H groups in total. The van der Waals surface area contributed by atoms with Gasteiger partial charge in [-0.1, -0.05) is 0 Å². The van der Waals surface area contributed by atoms with Gasteiger partial charge in [0.2, 0.25) is 0 Å². The molecule has 3 atom stereocenters. The Morgan fingerprint density at radius 3 is 3.00 bits per heavy atom. The van der Waals surface area contributed by atoms with Crippen molar-refractivity contribution < 1.29 is 4.92 Å². The summed E-state index contributed by atoms with van der Waals surface area (Å²) in [7, 11) is 0. The van der Waals surface area contributed by atoms with Gasteiger partial charge in [-0.05, 0) is 0 Å². The van der Waals surface area contributed by atoms with Crippen LogP contribution in [0, 0.1) is 10.1 Å². The van der Waals surface area contributed by atoms with Crippen molar-refractivity contribution in [1.82, 2.24) is 20.4 Å². The number of fused-ring (bicyclic) bond motifs is 2. The highest BCUT2D eigenvalue weighted by Gasteiger charge is 2.36. The first kappa shape index (κ1) is 7.87. The minimum Gasteiger partial charge on any atom is -0.291 e. The lowest BCUT2D eigenvalue weighted by molar-refractivity contribution is -0.566. The van der Waals surface area contributed by atoms with Gasteiger partial charge in [0.25, 0.3) is 0 Å². The Morgan fingerprint density at radius 1 is 1.42 bits per heavy atom. The molecule has 0 amide bonds. The molecule has 68 valence electrons. The lowest BCUT2D eigenvalue weighted by Crippen LogP contribution is -2.68. The van der Waals surface area contributed by atoms with E-state index in [-0.39, 0.29) is 4.92 Å². The van der Waals surface area contributed by atoms with Crippen molar-refractivity contribution >= 4 is 0 Å². The minimum absolute atomic E-state index is 0.301. The van der Waals surface area contributed by atoms with Crippen molar-refractivity contribution in [2.75, 3.05) is 26.7 Å². The predicted molar refractivity (Wildman–Crippen MR) is 40.2 cm³/mol. The highest BCUT2D eigenvalue weighted by atomic mass is 16.6. The standard InChI is InChI=1S/C5H11N5O2/c11-10(12)5-7-3-8-1-6-2-9(5)4-8/h5-7H,1-4H2. The van der Waals surface area contributed by atoms with E-state index >= 15 is 0 Å². The van der Waals surface area contributed by atoms with Crippen LogP contribution in [-0.2, 0) is 0 Å². The third-order valence-corrected chi connectivity index (χ3v) is 2.07. The molecule has 2 aliphatic rings. The van der Waals surface area contributed by atoms with E-state index in [1.807, 2.05) is 0 Å². The molecule has 7 nitrogen and oxygen atoms in total. The van der Waals surface area contributed by atoms with E-state index < -0.39 is 6.29 Å². The Kier molecular flexibility index (Phi) is 1.93. The smallest absolute Gasteiger partial charge is 0.291 e. The van der Waals surface area contributed by atoms with Crippen LogP contribution in [0.25, 0.3) is 0 Å². The van der Waals surface area contributed by atoms with Crippen LogP contribution in [0.3, 0.4) is 0 Å². The van der Waals surface area contributed by atoms with E-state index in [1.165, 1.54) is 0 Å². The first-order valence-corrected chi connectivity index (χ1v) is 3.81. The van der Waals surface area contributed by atoms with Gasteiger partial charge < -0.3 is 0 Å². The molecule has 2 rings (SSSR count). The Morgan fingerprint density at radius 2 is 2.25 bits per heavy atom. The summed E-state index contributed by atoms with van der Waals surface area (Å²) in [6, 6.07) is 0. The monoisotopic (exact) mass is 173 g/mol. The summed E-state index contributed by atoms with van der Waals surface area (Å²) >= 11 is 0. The largest absolute Gasteiger partial charge is 0.328 e. The molecule has 7 heteroatoms. The molecule has 0 aliphatic carbocycles. The average Bonchev–Trinajstić information content (AvgIpc) is 2.04. The van der Waals surface area contributed by atoms with Crippen molar-refractivity contribution in [2.45, 2.75) is 6.29 Å². The number of rotatable bonds is 1. The summed E-state index contributed by atoms with van der Waals surface area (Å²) in [4.78, 5) is 14.0. The van der Waals surface area contributed by atoms with Crippen LogP contribution in [0.5, 0.6) is 0 Å². The van der Waals surface area contributed by atoms with Crippen LogP contribution in [0.1, 0.15) is 0 Å². The quantitative estimate of drug-likeness (QED) is 0.359. The van der Waals surface area contributed by atoms with Crippen LogP contribution >= 0.6 is 0 Å². The van der Waals surface area contributed by atoms with Gasteiger partial charge in [-0.25, -0.2) is 10.2 Å². The van der Waals surface area contributed by atoms with Crippen molar-refractivity contribution in [2.24, 2.45) is 0 Å². The lowest BCUT2D eigenvalue weighted by Gasteiger charge is -2.41. The number of hydrogen-bond donors (Lipinski definition) is 2.